The zero-order valence-corrected chi connectivity index (χ0v) is 7.91. The molecule has 1 rings (SSSR count). The number of phenolic OH excluding ortho intramolecular Hbond substituents is 1. The van der Waals surface area contributed by atoms with Crippen LogP contribution < -0.4 is 0 Å². The maximum atomic E-state index is 10.6. The summed E-state index contributed by atoms with van der Waals surface area (Å²) in [5, 5.41) is 8.93. The SMILES string of the molecule is CS(=O)(=O)OCc1ccc(O)cc1. The van der Waals surface area contributed by atoms with Crippen LogP contribution in [-0.4, -0.2) is 19.8 Å². The summed E-state index contributed by atoms with van der Waals surface area (Å²) in [6.07, 6.45) is 0.993. The Kier molecular flexibility index (Phi) is 2.90. The van der Waals surface area contributed by atoms with Gasteiger partial charge in [0.1, 0.15) is 5.75 Å². The van der Waals surface area contributed by atoms with E-state index >= 15 is 0 Å². The molecule has 0 aliphatic carbocycles. The molecule has 0 aliphatic heterocycles. The van der Waals surface area contributed by atoms with Crippen molar-refractivity contribution in [3.05, 3.63) is 29.8 Å². The summed E-state index contributed by atoms with van der Waals surface area (Å²) < 4.78 is 25.7. The zero-order valence-electron chi connectivity index (χ0n) is 7.10. The lowest BCUT2D eigenvalue weighted by Gasteiger charge is -2.00. The van der Waals surface area contributed by atoms with Crippen LogP contribution in [0.2, 0.25) is 0 Å². The van der Waals surface area contributed by atoms with Crippen molar-refractivity contribution in [3.63, 3.8) is 0 Å². The average Bonchev–Trinajstić information content (AvgIpc) is 2.02. The first-order valence-corrected chi connectivity index (χ1v) is 5.41. The predicted octanol–water partition coefficient (Wildman–Crippen LogP) is 0.868. The van der Waals surface area contributed by atoms with Gasteiger partial charge in [0.2, 0.25) is 0 Å². The number of hydrogen-bond donors (Lipinski definition) is 1. The van der Waals surface area contributed by atoms with E-state index in [4.69, 9.17) is 5.11 Å². The Balaban J connectivity index is 2.61. The molecule has 0 bridgehead atoms. The Bertz CT molecular complexity index is 366. The fourth-order valence-electron chi connectivity index (χ4n) is 0.767. The highest BCUT2D eigenvalue weighted by Crippen LogP contribution is 2.10. The van der Waals surface area contributed by atoms with Gasteiger partial charge in [-0.05, 0) is 17.7 Å². The first-order valence-electron chi connectivity index (χ1n) is 3.60. The van der Waals surface area contributed by atoms with Crippen molar-refractivity contribution in [1.29, 1.82) is 0 Å². The summed E-state index contributed by atoms with van der Waals surface area (Å²) in [4.78, 5) is 0. The van der Waals surface area contributed by atoms with E-state index in [9.17, 15) is 8.42 Å². The van der Waals surface area contributed by atoms with Crippen LogP contribution in [0.4, 0.5) is 0 Å². The molecule has 1 aromatic rings. The second-order valence-electron chi connectivity index (χ2n) is 2.63. The minimum Gasteiger partial charge on any atom is -0.508 e. The third-order valence-corrected chi connectivity index (χ3v) is 1.92. The summed E-state index contributed by atoms with van der Waals surface area (Å²) in [6.45, 7) is -0.000880. The van der Waals surface area contributed by atoms with Crippen LogP contribution in [0, 0.1) is 0 Å². The third kappa shape index (κ3) is 3.91. The van der Waals surface area contributed by atoms with Gasteiger partial charge in [0.05, 0.1) is 12.9 Å². The van der Waals surface area contributed by atoms with Crippen LogP contribution in [0.5, 0.6) is 5.75 Å². The molecule has 1 N–H and O–H groups in total. The molecule has 1 aromatic carbocycles. The summed E-state index contributed by atoms with van der Waals surface area (Å²) in [6, 6.07) is 6.14. The van der Waals surface area contributed by atoms with E-state index in [1.807, 2.05) is 0 Å². The molecular weight excluding hydrogens is 192 g/mol. The highest BCUT2D eigenvalue weighted by molar-refractivity contribution is 7.85. The van der Waals surface area contributed by atoms with Crippen molar-refractivity contribution in [1.82, 2.24) is 0 Å². The highest BCUT2D eigenvalue weighted by Gasteiger charge is 2.01. The van der Waals surface area contributed by atoms with Crippen molar-refractivity contribution in [2.75, 3.05) is 6.26 Å². The first-order chi connectivity index (χ1) is 5.97. The van der Waals surface area contributed by atoms with Gasteiger partial charge in [0.25, 0.3) is 10.1 Å². The van der Waals surface area contributed by atoms with Crippen molar-refractivity contribution >= 4 is 10.1 Å². The van der Waals surface area contributed by atoms with Gasteiger partial charge < -0.3 is 5.11 Å². The first kappa shape index (κ1) is 10.0. The van der Waals surface area contributed by atoms with Crippen molar-refractivity contribution in [2.24, 2.45) is 0 Å². The van der Waals surface area contributed by atoms with E-state index in [0.717, 1.165) is 6.26 Å². The Morgan fingerprint density at radius 3 is 2.31 bits per heavy atom. The Labute approximate surface area is 76.9 Å². The summed E-state index contributed by atoms with van der Waals surface area (Å²) >= 11 is 0. The van der Waals surface area contributed by atoms with Crippen molar-refractivity contribution in [2.45, 2.75) is 6.61 Å². The van der Waals surface area contributed by atoms with Gasteiger partial charge in [-0.25, -0.2) is 0 Å². The van der Waals surface area contributed by atoms with E-state index in [2.05, 4.69) is 4.18 Å². The lowest BCUT2D eigenvalue weighted by atomic mass is 10.2. The third-order valence-electron chi connectivity index (χ3n) is 1.38. The van der Waals surface area contributed by atoms with E-state index < -0.39 is 10.1 Å². The molecule has 0 atom stereocenters. The molecule has 5 heteroatoms. The fourth-order valence-corrected chi connectivity index (χ4v) is 1.12. The number of phenols is 1. The van der Waals surface area contributed by atoms with Crippen molar-refractivity contribution in [3.8, 4) is 5.75 Å². The molecule has 72 valence electrons. The fraction of sp³-hybridized carbons (Fsp3) is 0.250. The van der Waals surface area contributed by atoms with E-state index in [1.54, 1.807) is 12.1 Å². The maximum absolute atomic E-state index is 10.6. The minimum atomic E-state index is -3.39. The van der Waals surface area contributed by atoms with Crippen molar-refractivity contribution < 1.29 is 17.7 Å². The van der Waals surface area contributed by atoms with Gasteiger partial charge >= 0.3 is 0 Å². The number of aromatic hydroxyl groups is 1. The Morgan fingerprint density at radius 2 is 1.85 bits per heavy atom. The Hall–Kier alpha value is -1.07. The number of rotatable bonds is 3. The van der Waals surface area contributed by atoms with Crippen LogP contribution in [0.3, 0.4) is 0 Å². The highest BCUT2D eigenvalue weighted by atomic mass is 32.2. The van der Waals surface area contributed by atoms with Gasteiger partial charge in [-0.2, -0.15) is 8.42 Å². The summed E-state index contributed by atoms with van der Waals surface area (Å²) in [5.74, 6) is 0.142. The average molecular weight is 202 g/mol. The molecule has 0 saturated heterocycles. The van der Waals surface area contributed by atoms with Gasteiger partial charge in [0, 0.05) is 0 Å². The molecule has 0 unspecified atom stereocenters. The lowest BCUT2D eigenvalue weighted by Crippen LogP contribution is -2.02. The number of benzene rings is 1. The van der Waals surface area contributed by atoms with Gasteiger partial charge in [-0.3, -0.25) is 4.18 Å². The van der Waals surface area contributed by atoms with Crippen LogP contribution in [0.1, 0.15) is 5.56 Å². The van der Waals surface area contributed by atoms with Gasteiger partial charge in [-0.1, -0.05) is 12.1 Å². The minimum absolute atomic E-state index is 0.000880. The van der Waals surface area contributed by atoms with Crippen LogP contribution in [0.15, 0.2) is 24.3 Å². The molecule has 4 nitrogen and oxygen atoms in total. The smallest absolute Gasteiger partial charge is 0.264 e. The quantitative estimate of drug-likeness (QED) is 0.738. The maximum Gasteiger partial charge on any atom is 0.264 e. The molecule has 0 radical (unpaired) electrons. The van der Waals surface area contributed by atoms with Gasteiger partial charge in [-0.15, -0.1) is 0 Å². The zero-order chi connectivity index (χ0) is 9.90. The van der Waals surface area contributed by atoms with E-state index in [0.29, 0.717) is 5.56 Å². The second kappa shape index (κ2) is 3.76. The van der Waals surface area contributed by atoms with Crippen LogP contribution in [0.25, 0.3) is 0 Å². The molecule has 0 saturated carbocycles. The van der Waals surface area contributed by atoms with Crippen LogP contribution >= 0.6 is 0 Å². The normalized spacial score (nSPS) is 11.5. The van der Waals surface area contributed by atoms with E-state index in [-0.39, 0.29) is 12.4 Å². The monoisotopic (exact) mass is 202 g/mol. The topological polar surface area (TPSA) is 63.6 Å². The van der Waals surface area contributed by atoms with Gasteiger partial charge in [0.15, 0.2) is 0 Å². The summed E-state index contributed by atoms with van der Waals surface area (Å²) in [7, 11) is -3.39. The second-order valence-corrected chi connectivity index (χ2v) is 4.28. The molecule has 0 aromatic heterocycles. The summed E-state index contributed by atoms with van der Waals surface area (Å²) in [5.41, 5.74) is 0.697. The lowest BCUT2D eigenvalue weighted by molar-refractivity contribution is 0.311. The Morgan fingerprint density at radius 1 is 1.31 bits per heavy atom. The standard InChI is InChI=1S/C8H10O4S/c1-13(10,11)12-6-7-2-4-8(9)5-3-7/h2-5,9H,6H2,1H3. The molecule has 0 amide bonds. The molecule has 0 heterocycles. The molecule has 0 aliphatic rings. The molecule has 0 spiro atoms. The van der Waals surface area contributed by atoms with Crippen LogP contribution in [-0.2, 0) is 20.9 Å². The molecular formula is C8H10O4S. The largest absolute Gasteiger partial charge is 0.508 e. The number of hydrogen-bond acceptors (Lipinski definition) is 4. The van der Waals surface area contributed by atoms with E-state index in [1.165, 1.54) is 12.1 Å². The molecule has 0 fully saturated rings. The predicted molar refractivity (Wildman–Crippen MR) is 47.7 cm³/mol. The molecule has 13 heavy (non-hydrogen) atoms.